The highest BCUT2D eigenvalue weighted by Crippen LogP contribution is 2.43. The van der Waals surface area contributed by atoms with E-state index in [9.17, 15) is 19.0 Å². The SMILES string of the molecule is CCCCCCCC/C=C/C/C=C/CCC(=O)OC(COC(=O)CCCCCCCCCCCCCCCCCCC)COP(=O)(O)OCCN. The van der Waals surface area contributed by atoms with Crippen molar-refractivity contribution in [2.75, 3.05) is 26.4 Å². The van der Waals surface area contributed by atoms with E-state index in [1.54, 1.807) is 0 Å². The second kappa shape index (κ2) is 38.2. The van der Waals surface area contributed by atoms with E-state index in [0.717, 1.165) is 32.1 Å². The minimum atomic E-state index is -4.38. The monoisotopic (exact) mass is 744 g/mol. The van der Waals surface area contributed by atoms with Crippen LogP contribution in [0.5, 0.6) is 0 Å². The Morgan fingerprint density at radius 1 is 0.588 bits per heavy atom. The third-order valence-electron chi connectivity index (χ3n) is 8.85. The van der Waals surface area contributed by atoms with Gasteiger partial charge >= 0.3 is 19.8 Å². The molecule has 0 saturated carbocycles. The number of carbonyl (C=O) groups excluding carboxylic acids is 2. The third-order valence-corrected chi connectivity index (χ3v) is 9.84. The highest BCUT2D eigenvalue weighted by atomic mass is 31.2. The van der Waals surface area contributed by atoms with Gasteiger partial charge in [0.25, 0.3) is 0 Å². The topological polar surface area (TPSA) is 134 Å². The highest BCUT2D eigenvalue weighted by molar-refractivity contribution is 7.47. The van der Waals surface area contributed by atoms with Crippen LogP contribution in [0.2, 0.25) is 0 Å². The van der Waals surface area contributed by atoms with Crippen molar-refractivity contribution in [3.63, 3.8) is 0 Å². The summed E-state index contributed by atoms with van der Waals surface area (Å²) in [6.45, 7) is 3.67. The molecule has 3 N–H and O–H groups in total. The van der Waals surface area contributed by atoms with E-state index in [1.165, 1.54) is 128 Å². The van der Waals surface area contributed by atoms with Crippen molar-refractivity contribution in [2.45, 2.75) is 200 Å². The molecule has 2 unspecified atom stereocenters. The fourth-order valence-electron chi connectivity index (χ4n) is 5.75. The molecular formula is C41H78NO8P. The first-order valence-corrected chi connectivity index (χ1v) is 22.3. The standard InChI is InChI=1S/C41H78NO8P/c1-3-5-7-9-11-13-15-17-18-19-20-22-23-25-27-29-31-33-40(43)47-37-39(38-49-51(45,46)48-36-35-42)50-41(44)34-32-30-28-26-24-21-16-14-12-10-8-6-4-2/h21,24,28,30,39H,3-20,22-23,25-27,29,31-38,42H2,1-2H3,(H,45,46)/b24-21+,30-28+. The Bertz CT molecular complexity index is 897. The van der Waals surface area contributed by atoms with Gasteiger partial charge < -0.3 is 20.1 Å². The Morgan fingerprint density at radius 2 is 1.06 bits per heavy atom. The molecule has 2 atom stereocenters. The lowest BCUT2D eigenvalue weighted by Crippen LogP contribution is -2.29. The van der Waals surface area contributed by atoms with E-state index < -0.39 is 32.5 Å². The van der Waals surface area contributed by atoms with Crippen molar-refractivity contribution in [3.05, 3.63) is 24.3 Å². The number of esters is 2. The molecule has 0 spiro atoms. The zero-order valence-electron chi connectivity index (χ0n) is 32.8. The number of phosphoric ester groups is 1. The predicted octanol–water partition coefficient (Wildman–Crippen LogP) is 11.6. The van der Waals surface area contributed by atoms with Gasteiger partial charge in [-0.15, -0.1) is 0 Å². The number of rotatable bonds is 39. The Hall–Kier alpha value is -1.51. The van der Waals surface area contributed by atoms with Crippen LogP contribution in [-0.4, -0.2) is 49.3 Å². The number of hydrogen-bond acceptors (Lipinski definition) is 8. The maximum atomic E-state index is 12.5. The van der Waals surface area contributed by atoms with E-state index in [0.29, 0.717) is 6.42 Å². The molecule has 0 aliphatic heterocycles. The molecule has 0 aromatic rings. The average molecular weight is 744 g/mol. The lowest BCUT2D eigenvalue weighted by molar-refractivity contribution is -0.161. The number of carbonyl (C=O) groups is 2. The van der Waals surface area contributed by atoms with Crippen molar-refractivity contribution in [3.8, 4) is 0 Å². The minimum absolute atomic E-state index is 0.0474. The number of unbranched alkanes of at least 4 members (excludes halogenated alkanes) is 22. The zero-order chi connectivity index (χ0) is 37.5. The molecule has 9 nitrogen and oxygen atoms in total. The summed E-state index contributed by atoms with van der Waals surface area (Å²) in [5.41, 5.74) is 5.33. The van der Waals surface area contributed by atoms with Gasteiger partial charge in [0.1, 0.15) is 6.61 Å². The number of allylic oxidation sites excluding steroid dienone is 4. The summed E-state index contributed by atoms with van der Waals surface area (Å²) in [4.78, 5) is 34.7. The van der Waals surface area contributed by atoms with Gasteiger partial charge in [-0.05, 0) is 32.1 Å². The van der Waals surface area contributed by atoms with Crippen molar-refractivity contribution in [2.24, 2.45) is 5.73 Å². The average Bonchev–Trinajstić information content (AvgIpc) is 3.11. The first-order valence-electron chi connectivity index (χ1n) is 20.8. The summed E-state index contributed by atoms with van der Waals surface area (Å²) in [6.07, 6.45) is 39.4. The second-order valence-electron chi connectivity index (χ2n) is 13.9. The Morgan fingerprint density at radius 3 is 1.57 bits per heavy atom. The Balaban J connectivity index is 4.19. The van der Waals surface area contributed by atoms with Gasteiger partial charge in [-0.25, -0.2) is 4.57 Å². The molecule has 51 heavy (non-hydrogen) atoms. The van der Waals surface area contributed by atoms with Crippen molar-refractivity contribution in [1.82, 2.24) is 0 Å². The summed E-state index contributed by atoms with van der Waals surface area (Å²) >= 11 is 0. The largest absolute Gasteiger partial charge is 0.472 e. The molecule has 10 heteroatoms. The molecule has 0 aliphatic rings. The van der Waals surface area contributed by atoms with Crippen LogP contribution in [0.25, 0.3) is 0 Å². The molecule has 0 aliphatic carbocycles. The van der Waals surface area contributed by atoms with Crippen molar-refractivity contribution in [1.29, 1.82) is 0 Å². The molecule has 0 heterocycles. The van der Waals surface area contributed by atoms with Crippen LogP contribution < -0.4 is 5.73 Å². The van der Waals surface area contributed by atoms with Gasteiger partial charge in [-0.2, -0.15) is 0 Å². The smallest absolute Gasteiger partial charge is 0.462 e. The normalized spacial score (nSPS) is 13.6. The van der Waals surface area contributed by atoms with E-state index in [2.05, 4.69) is 26.0 Å². The van der Waals surface area contributed by atoms with Crippen LogP contribution in [0, 0.1) is 0 Å². The van der Waals surface area contributed by atoms with Crippen LogP contribution in [0.3, 0.4) is 0 Å². The van der Waals surface area contributed by atoms with Crippen molar-refractivity contribution >= 4 is 19.8 Å². The number of nitrogens with two attached hydrogens (primary N) is 1. The Kier molecular flexibility index (Phi) is 37.1. The Labute approximate surface area is 312 Å². The molecule has 0 rings (SSSR count). The summed E-state index contributed by atoms with van der Waals surface area (Å²) in [5, 5.41) is 0. The molecule has 0 bridgehead atoms. The number of hydrogen-bond donors (Lipinski definition) is 2. The molecule has 0 amide bonds. The molecule has 0 aromatic carbocycles. The van der Waals surface area contributed by atoms with Gasteiger partial charge in [0.15, 0.2) is 6.10 Å². The lowest BCUT2D eigenvalue weighted by atomic mass is 10.0. The molecule has 300 valence electrons. The molecule has 0 aromatic heterocycles. The van der Waals surface area contributed by atoms with Crippen LogP contribution in [0.15, 0.2) is 24.3 Å². The van der Waals surface area contributed by atoms with Crippen LogP contribution >= 0.6 is 7.82 Å². The van der Waals surface area contributed by atoms with E-state index in [1.807, 2.05) is 12.2 Å². The van der Waals surface area contributed by atoms with Crippen LogP contribution in [0.4, 0.5) is 0 Å². The van der Waals surface area contributed by atoms with Gasteiger partial charge in [-0.3, -0.25) is 18.6 Å². The number of phosphoric acid groups is 1. The molecule has 0 fully saturated rings. The van der Waals surface area contributed by atoms with Gasteiger partial charge in [0.2, 0.25) is 0 Å². The fraction of sp³-hybridized carbons (Fsp3) is 0.854. The maximum absolute atomic E-state index is 12.5. The second-order valence-corrected chi connectivity index (χ2v) is 15.3. The van der Waals surface area contributed by atoms with E-state index >= 15 is 0 Å². The van der Waals surface area contributed by atoms with E-state index in [4.69, 9.17) is 24.3 Å². The zero-order valence-corrected chi connectivity index (χ0v) is 33.7. The molecule has 0 saturated heterocycles. The van der Waals surface area contributed by atoms with Gasteiger partial charge in [-0.1, -0.05) is 173 Å². The quantitative estimate of drug-likeness (QED) is 0.0273. The predicted molar refractivity (Wildman–Crippen MR) is 211 cm³/mol. The summed E-state index contributed by atoms with van der Waals surface area (Å²) < 4.78 is 32.6. The minimum Gasteiger partial charge on any atom is -0.462 e. The third kappa shape index (κ3) is 38.0. The lowest BCUT2D eigenvalue weighted by Gasteiger charge is -2.19. The molecular weight excluding hydrogens is 665 g/mol. The fourth-order valence-corrected chi connectivity index (χ4v) is 6.51. The first-order chi connectivity index (χ1) is 24.8. The summed E-state index contributed by atoms with van der Waals surface area (Å²) in [7, 11) is -4.38. The highest BCUT2D eigenvalue weighted by Gasteiger charge is 2.25. The molecule has 0 radical (unpaired) electrons. The van der Waals surface area contributed by atoms with Gasteiger partial charge in [0.05, 0.1) is 13.2 Å². The van der Waals surface area contributed by atoms with Gasteiger partial charge in [0, 0.05) is 19.4 Å². The first kappa shape index (κ1) is 49.5. The van der Waals surface area contributed by atoms with Crippen LogP contribution in [-0.2, 0) is 32.7 Å². The number of ether oxygens (including phenoxy) is 2. The van der Waals surface area contributed by atoms with Crippen LogP contribution in [0.1, 0.15) is 194 Å². The summed E-state index contributed by atoms with van der Waals surface area (Å²) in [5.74, 6) is -0.900. The van der Waals surface area contributed by atoms with E-state index in [-0.39, 0.29) is 32.6 Å². The van der Waals surface area contributed by atoms with Crippen molar-refractivity contribution < 1.29 is 37.6 Å². The maximum Gasteiger partial charge on any atom is 0.472 e. The summed E-state index contributed by atoms with van der Waals surface area (Å²) in [6, 6.07) is 0.